The number of nitro benzene ring substituents is 1. The molecular weight excluding hydrogens is 338 g/mol. The molecule has 0 aromatic heterocycles. The number of amidine groups is 1. The molecule has 1 fully saturated rings. The Morgan fingerprint density at radius 2 is 1.88 bits per heavy atom. The van der Waals surface area contributed by atoms with Crippen LogP contribution in [0.5, 0.6) is 0 Å². The van der Waals surface area contributed by atoms with Crippen LogP contribution in [0.4, 0.5) is 11.4 Å². The van der Waals surface area contributed by atoms with Crippen LogP contribution in [0, 0.1) is 24.0 Å². The number of carbonyl (C=O) groups is 1. The Labute approximate surface area is 148 Å². The standard InChI is InChI=1S/C18H15N3O3S/c1-11-4-3-5-15(12(11)2)19-18-20-17(22)16(25-18)10-13-6-8-14(9-7-13)21(23)24/h3-10H,1-2H3,(H,19,20,22). The fourth-order valence-corrected chi connectivity index (χ4v) is 3.13. The van der Waals surface area contributed by atoms with Crippen LogP contribution in [0.2, 0.25) is 0 Å². The molecule has 7 heteroatoms. The summed E-state index contributed by atoms with van der Waals surface area (Å²) in [6.07, 6.45) is 1.69. The molecule has 6 nitrogen and oxygen atoms in total. The molecule has 0 aliphatic carbocycles. The van der Waals surface area contributed by atoms with Gasteiger partial charge in [-0.25, -0.2) is 4.99 Å². The summed E-state index contributed by atoms with van der Waals surface area (Å²) in [6.45, 7) is 4.00. The molecular formula is C18H15N3O3S. The number of benzene rings is 2. The zero-order valence-electron chi connectivity index (χ0n) is 13.6. The first kappa shape index (κ1) is 16.9. The van der Waals surface area contributed by atoms with Crippen LogP contribution in [-0.4, -0.2) is 16.0 Å². The van der Waals surface area contributed by atoms with Gasteiger partial charge in [0.25, 0.3) is 11.6 Å². The van der Waals surface area contributed by atoms with E-state index >= 15 is 0 Å². The molecule has 1 amide bonds. The minimum atomic E-state index is -0.455. The Hall–Kier alpha value is -2.93. The molecule has 1 aliphatic heterocycles. The second-order valence-corrected chi connectivity index (χ2v) is 6.58. The maximum Gasteiger partial charge on any atom is 0.269 e. The Kier molecular flexibility index (Phi) is 4.67. The van der Waals surface area contributed by atoms with Gasteiger partial charge in [0.05, 0.1) is 15.5 Å². The first-order valence-electron chi connectivity index (χ1n) is 7.54. The van der Waals surface area contributed by atoms with Crippen LogP contribution >= 0.6 is 11.8 Å². The Balaban J connectivity index is 1.83. The van der Waals surface area contributed by atoms with Crippen LogP contribution in [0.25, 0.3) is 6.08 Å². The number of aliphatic imine (C=N–C) groups is 1. The highest BCUT2D eigenvalue weighted by molar-refractivity contribution is 8.18. The SMILES string of the molecule is Cc1cccc(N=C2NC(=O)C(=Cc3ccc([N+](=O)[O-])cc3)S2)c1C. The summed E-state index contributed by atoms with van der Waals surface area (Å²) in [7, 11) is 0. The van der Waals surface area contributed by atoms with E-state index in [0.717, 1.165) is 22.4 Å². The van der Waals surface area contributed by atoms with Gasteiger partial charge in [-0.15, -0.1) is 0 Å². The Bertz CT molecular complexity index is 918. The topological polar surface area (TPSA) is 84.6 Å². The molecule has 0 bridgehead atoms. The van der Waals surface area contributed by atoms with Gasteiger partial charge in [-0.05, 0) is 66.6 Å². The lowest BCUT2D eigenvalue weighted by Crippen LogP contribution is -2.19. The molecule has 126 valence electrons. The van der Waals surface area contributed by atoms with Gasteiger partial charge in [-0.2, -0.15) is 0 Å². The number of amides is 1. The molecule has 25 heavy (non-hydrogen) atoms. The summed E-state index contributed by atoms with van der Waals surface area (Å²) < 4.78 is 0. The van der Waals surface area contributed by atoms with E-state index in [1.807, 2.05) is 32.0 Å². The lowest BCUT2D eigenvalue weighted by molar-refractivity contribution is -0.384. The number of carbonyl (C=O) groups excluding carboxylic acids is 1. The molecule has 1 N–H and O–H groups in total. The number of nitrogens with zero attached hydrogens (tertiary/aromatic N) is 2. The van der Waals surface area contributed by atoms with Crippen LogP contribution in [0.15, 0.2) is 52.4 Å². The Morgan fingerprint density at radius 1 is 1.16 bits per heavy atom. The monoisotopic (exact) mass is 353 g/mol. The summed E-state index contributed by atoms with van der Waals surface area (Å²) in [5.74, 6) is -0.229. The van der Waals surface area contributed by atoms with E-state index in [1.165, 1.54) is 23.9 Å². The highest BCUT2D eigenvalue weighted by Crippen LogP contribution is 2.30. The molecule has 3 rings (SSSR count). The summed E-state index contributed by atoms with van der Waals surface area (Å²) in [5, 5.41) is 13.9. The van der Waals surface area contributed by atoms with Crippen LogP contribution in [0.1, 0.15) is 16.7 Å². The first-order chi connectivity index (χ1) is 11.9. The molecule has 0 unspecified atom stereocenters. The third kappa shape index (κ3) is 3.77. The van der Waals surface area contributed by atoms with E-state index in [2.05, 4.69) is 10.3 Å². The number of aryl methyl sites for hydroxylation is 1. The zero-order chi connectivity index (χ0) is 18.0. The highest BCUT2D eigenvalue weighted by Gasteiger charge is 2.24. The lowest BCUT2D eigenvalue weighted by atomic mass is 10.1. The van der Waals surface area contributed by atoms with Crippen molar-refractivity contribution in [3.8, 4) is 0 Å². The molecule has 1 heterocycles. The molecule has 2 aromatic carbocycles. The van der Waals surface area contributed by atoms with Gasteiger partial charge in [0.2, 0.25) is 0 Å². The maximum absolute atomic E-state index is 12.1. The average Bonchev–Trinajstić information content (AvgIpc) is 2.92. The van der Waals surface area contributed by atoms with Crippen LogP contribution < -0.4 is 5.32 Å². The van der Waals surface area contributed by atoms with E-state index in [-0.39, 0.29) is 11.6 Å². The molecule has 0 saturated carbocycles. The second kappa shape index (κ2) is 6.90. The van der Waals surface area contributed by atoms with Crippen molar-refractivity contribution in [2.45, 2.75) is 13.8 Å². The maximum atomic E-state index is 12.1. The molecule has 0 spiro atoms. The van der Waals surface area contributed by atoms with E-state index in [4.69, 9.17) is 0 Å². The smallest absolute Gasteiger partial charge is 0.269 e. The normalized spacial score (nSPS) is 17.1. The minimum absolute atomic E-state index is 0.0165. The van der Waals surface area contributed by atoms with Crippen molar-refractivity contribution in [2.75, 3.05) is 0 Å². The summed E-state index contributed by atoms with van der Waals surface area (Å²) in [5.41, 5.74) is 3.76. The van der Waals surface area contributed by atoms with Gasteiger partial charge < -0.3 is 5.32 Å². The number of nitro groups is 1. The van der Waals surface area contributed by atoms with E-state index in [0.29, 0.717) is 10.1 Å². The van der Waals surface area contributed by atoms with Crippen molar-refractivity contribution in [1.29, 1.82) is 0 Å². The van der Waals surface area contributed by atoms with Gasteiger partial charge in [0.15, 0.2) is 5.17 Å². The predicted molar refractivity (Wildman–Crippen MR) is 99.8 cm³/mol. The molecule has 1 aliphatic rings. The lowest BCUT2D eigenvalue weighted by Gasteiger charge is -2.04. The molecule has 2 aromatic rings. The van der Waals surface area contributed by atoms with E-state index in [1.54, 1.807) is 18.2 Å². The summed E-state index contributed by atoms with van der Waals surface area (Å²) >= 11 is 1.25. The van der Waals surface area contributed by atoms with Crippen molar-refractivity contribution in [1.82, 2.24) is 5.32 Å². The predicted octanol–water partition coefficient (Wildman–Crippen LogP) is 4.10. The van der Waals surface area contributed by atoms with E-state index < -0.39 is 4.92 Å². The fourth-order valence-electron chi connectivity index (χ4n) is 2.29. The van der Waals surface area contributed by atoms with Crippen molar-refractivity contribution in [3.05, 3.63) is 74.2 Å². The quantitative estimate of drug-likeness (QED) is 0.511. The first-order valence-corrected chi connectivity index (χ1v) is 8.36. The van der Waals surface area contributed by atoms with Crippen molar-refractivity contribution >= 4 is 40.3 Å². The zero-order valence-corrected chi connectivity index (χ0v) is 14.5. The van der Waals surface area contributed by atoms with Crippen LogP contribution in [-0.2, 0) is 4.79 Å². The summed E-state index contributed by atoms with van der Waals surface area (Å²) in [4.78, 5) is 27.4. The van der Waals surface area contributed by atoms with Gasteiger partial charge in [0.1, 0.15) is 0 Å². The summed E-state index contributed by atoms with van der Waals surface area (Å²) in [6, 6.07) is 11.9. The van der Waals surface area contributed by atoms with Gasteiger partial charge in [0, 0.05) is 12.1 Å². The molecule has 0 atom stereocenters. The average molecular weight is 353 g/mol. The minimum Gasteiger partial charge on any atom is -0.300 e. The van der Waals surface area contributed by atoms with Crippen molar-refractivity contribution in [2.24, 2.45) is 4.99 Å². The van der Waals surface area contributed by atoms with Gasteiger partial charge in [-0.1, -0.05) is 12.1 Å². The second-order valence-electron chi connectivity index (χ2n) is 5.55. The van der Waals surface area contributed by atoms with Crippen molar-refractivity contribution < 1.29 is 9.72 Å². The highest BCUT2D eigenvalue weighted by atomic mass is 32.2. The number of hydrogen-bond acceptors (Lipinski definition) is 5. The van der Waals surface area contributed by atoms with Gasteiger partial charge in [-0.3, -0.25) is 14.9 Å². The largest absolute Gasteiger partial charge is 0.300 e. The number of non-ortho nitro benzene ring substituents is 1. The van der Waals surface area contributed by atoms with Gasteiger partial charge >= 0.3 is 0 Å². The molecule has 0 radical (unpaired) electrons. The third-order valence-corrected chi connectivity index (χ3v) is 4.76. The number of rotatable bonds is 3. The number of hydrogen-bond donors (Lipinski definition) is 1. The fraction of sp³-hybridized carbons (Fsp3) is 0.111. The Morgan fingerprint density at radius 3 is 2.56 bits per heavy atom. The third-order valence-electron chi connectivity index (χ3n) is 3.85. The van der Waals surface area contributed by atoms with Crippen LogP contribution in [0.3, 0.4) is 0 Å². The number of nitrogens with one attached hydrogen (secondary N) is 1. The molecule has 1 saturated heterocycles. The van der Waals surface area contributed by atoms with Crippen molar-refractivity contribution in [3.63, 3.8) is 0 Å². The number of thioether (sulfide) groups is 1. The van der Waals surface area contributed by atoms with E-state index in [9.17, 15) is 14.9 Å².